The van der Waals surface area contributed by atoms with Crippen LogP contribution in [0, 0.1) is 0 Å². The Morgan fingerprint density at radius 3 is 1.93 bits per heavy atom. The molecule has 0 bridgehead atoms. The van der Waals surface area contributed by atoms with Gasteiger partial charge in [-0.3, -0.25) is 0 Å². The van der Waals surface area contributed by atoms with Gasteiger partial charge in [-0.2, -0.15) is 0 Å². The largest absolute Gasteiger partial charge is 0.456 e. The molecule has 2 aromatic heterocycles. The molecule has 1 unspecified atom stereocenters. The van der Waals surface area contributed by atoms with E-state index in [4.69, 9.17) is 14.4 Å². The van der Waals surface area contributed by atoms with Gasteiger partial charge >= 0.3 is 0 Å². The minimum atomic E-state index is -0.334. The van der Waals surface area contributed by atoms with Crippen LogP contribution in [0.5, 0.6) is 0 Å². The predicted molar refractivity (Wildman–Crippen MR) is 236 cm³/mol. The quantitative estimate of drug-likeness (QED) is 0.183. The Hall–Kier alpha value is -7.08. The normalized spacial score (nSPS) is 14.6. The molecule has 5 heteroatoms. The maximum Gasteiger partial charge on any atom is 0.159 e. The van der Waals surface area contributed by atoms with Gasteiger partial charge in [0, 0.05) is 42.1 Å². The van der Waals surface area contributed by atoms with E-state index in [1.54, 1.807) is 0 Å². The van der Waals surface area contributed by atoms with Crippen LogP contribution in [0.3, 0.4) is 0 Å². The van der Waals surface area contributed by atoms with Crippen molar-refractivity contribution in [3.63, 3.8) is 0 Å². The minimum absolute atomic E-state index is 0.334. The molecule has 1 aliphatic rings. The number of fused-ring (bicyclic) bond motifs is 11. The number of rotatable bonds is 4. The first-order valence-electron chi connectivity index (χ1n) is 18.9. The summed E-state index contributed by atoms with van der Waals surface area (Å²) in [6.07, 6.45) is -0.334. The molecule has 0 aliphatic carbocycles. The van der Waals surface area contributed by atoms with Crippen LogP contribution in [-0.4, -0.2) is 11.7 Å². The number of hydrogen-bond acceptors (Lipinski definition) is 5. The second-order valence-electron chi connectivity index (χ2n) is 14.5. The molecule has 9 aromatic carbocycles. The fourth-order valence-electron chi connectivity index (χ4n) is 8.68. The Bertz CT molecular complexity index is 3460. The number of furan rings is 1. The Labute approximate surface area is 325 Å². The summed E-state index contributed by atoms with van der Waals surface area (Å²) in [5, 5.41) is 15.8. The second kappa shape index (κ2) is 12.2. The third-order valence-corrected chi connectivity index (χ3v) is 12.4. The zero-order valence-corrected chi connectivity index (χ0v) is 30.8. The summed E-state index contributed by atoms with van der Waals surface area (Å²) in [5.41, 5.74) is 6.96. The average Bonchev–Trinajstić information content (AvgIpc) is 3.85. The molecule has 0 saturated heterocycles. The lowest BCUT2D eigenvalue weighted by atomic mass is 9.95. The SMILES string of the molecule is c1ccc(C2N=C(c3ccc4ccc5ccccc5c4c3)N=C(c3cccc4oc5cccc(-c6ccc7sc8ccc9ccccc9c8c7c6)c5c34)N2)cc1. The van der Waals surface area contributed by atoms with Crippen LogP contribution >= 0.6 is 11.3 Å². The zero-order chi connectivity index (χ0) is 36.7. The van der Waals surface area contributed by atoms with Crippen LogP contribution < -0.4 is 5.32 Å². The lowest BCUT2D eigenvalue weighted by Gasteiger charge is -2.24. The fraction of sp³-hybridized carbons (Fsp3) is 0.0196. The van der Waals surface area contributed by atoms with E-state index in [1.165, 1.54) is 52.5 Å². The third kappa shape index (κ3) is 4.84. The first-order chi connectivity index (χ1) is 27.7. The van der Waals surface area contributed by atoms with Crippen molar-refractivity contribution >= 4 is 97.4 Å². The number of amidine groups is 2. The zero-order valence-electron chi connectivity index (χ0n) is 30.0. The van der Waals surface area contributed by atoms with Gasteiger partial charge in [-0.25, -0.2) is 9.98 Å². The van der Waals surface area contributed by atoms with Crippen LogP contribution in [0.15, 0.2) is 190 Å². The van der Waals surface area contributed by atoms with Gasteiger partial charge in [-0.15, -0.1) is 11.3 Å². The Balaban J connectivity index is 1.07. The molecule has 11 aromatic rings. The van der Waals surface area contributed by atoms with Crippen molar-refractivity contribution in [1.82, 2.24) is 5.32 Å². The van der Waals surface area contributed by atoms with E-state index in [9.17, 15) is 0 Å². The van der Waals surface area contributed by atoms with E-state index in [0.717, 1.165) is 55.6 Å². The number of aliphatic imine (C=N–C) groups is 2. The standard InChI is InChI=1S/C51H31N3OS/c1-2-12-33(13-3-1)49-52-50(35-23-22-32-21-20-30-10-4-6-14-36(30)40(32)29-35)54-51(53-49)39-17-9-19-43-48(39)47-38(16-8-18-42(47)55-43)34-25-26-44-41(28-34)46-37-15-7-5-11-31(37)24-27-45(46)56-44/h1-29,49H,(H,52,53,54). The summed E-state index contributed by atoms with van der Waals surface area (Å²) in [6.45, 7) is 0. The van der Waals surface area contributed by atoms with Gasteiger partial charge in [0.1, 0.15) is 23.2 Å². The number of thiophene rings is 1. The molecule has 3 heterocycles. The molecule has 1 N–H and O–H groups in total. The highest BCUT2D eigenvalue weighted by atomic mass is 32.1. The van der Waals surface area contributed by atoms with Crippen molar-refractivity contribution < 1.29 is 4.42 Å². The maximum absolute atomic E-state index is 6.65. The van der Waals surface area contributed by atoms with E-state index in [0.29, 0.717) is 5.84 Å². The first kappa shape index (κ1) is 31.3. The summed E-state index contributed by atoms with van der Waals surface area (Å²) in [4.78, 5) is 10.6. The molecule has 56 heavy (non-hydrogen) atoms. The van der Waals surface area contributed by atoms with Crippen LogP contribution in [0.4, 0.5) is 0 Å². The van der Waals surface area contributed by atoms with E-state index in [-0.39, 0.29) is 6.17 Å². The molecule has 0 amide bonds. The monoisotopic (exact) mass is 733 g/mol. The highest BCUT2D eigenvalue weighted by Crippen LogP contribution is 2.43. The fourth-order valence-corrected chi connectivity index (χ4v) is 9.78. The maximum atomic E-state index is 6.65. The Kier molecular flexibility index (Phi) is 6.83. The molecule has 12 rings (SSSR count). The number of nitrogens with one attached hydrogen (secondary N) is 1. The smallest absolute Gasteiger partial charge is 0.159 e. The van der Waals surface area contributed by atoms with E-state index < -0.39 is 0 Å². The van der Waals surface area contributed by atoms with Crippen molar-refractivity contribution in [1.29, 1.82) is 0 Å². The van der Waals surface area contributed by atoms with E-state index >= 15 is 0 Å². The molecular formula is C51H31N3OS. The van der Waals surface area contributed by atoms with Gasteiger partial charge in [-0.1, -0.05) is 140 Å². The molecule has 4 nitrogen and oxygen atoms in total. The summed E-state index contributed by atoms with van der Waals surface area (Å²) in [6, 6.07) is 62.6. The van der Waals surface area contributed by atoms with E-state index in [1.807, 2.05) is 17.4 Å². The average molecular weight is 734 g/mol. The molecule has 262 valence electrons. The van der Waals surface area contributed by atoms with Crippen LogP contribution in [0.25, 0.3) is 85.6 Å². The highest BCUT2D eigenvalue weighted by Gasteiger charge is 2.25. The molecule has 0 saturated carbocycles. The highest BCUT2D eigenvalue weighted by molar-refractivity contribution is 7.26. The number of nitrogens with zero attached hydrogens (tertiary/aromatic N) is 2. The first-order valence-corrected chi connectivity index (χ1v) is 19.7. The van der Waals surface area contributed by atoms with Crippen LogP contribution in [0.2, 0.25) is 0 Å². The summed E-state index contributed by atoms with van der Waals surface area (Å²) < 4.78 is 9.23. The van der Waals surface area contributed by atoms with Gasteiger partial charge in [0.25, 0.3) is 0 Å². The molecular weight excluding hydrogens is 703 g/mol. The predicted octanol–water partition coefficient (Wildman–Crippen LogP) is 13.6. The van der Waals surface area contributed by atoms with Crippen molar-refractivity contribution in [3.8, 4) is 11.1 Å². The summed E-state index contributed by atoms with van der Waals surface area (Å²) >= 11 is 1.85. The molecule has 1 aliphatic heterocycles. The van der Waals surface area contributed by atoms with Crippen molar-refractivity contribution in [2.24, 2.45) is 9.98 Å². The Morgan fingerprint density at radius 1 is 0.464 bits per heavy atom. The third-order valence-electron chi connectivity index (χ3n) is 11.3. The molecule has 1 atom stereocenters. The van der Waals surface area contributed by atoms with Gasteiger partial charge in [0.2, 0.25) is 0 Å². The molecule has 0 fully saturated rings. The summed E-state index contributed by atoms with van der Waals surface area (Å²) in [7, 11) is 0. The topological polar surface area (TPSA) is 49.9 Å². The molecule has 0 radical (unpaired) electrons. The summed E-state index contributed by atoms with van der Waals surface area (Å²) in [5.74, 6) is 1.45. The Morgan fingerprint density at radius 2 is 1.09 bits per heavy atom. The number of hydrogen-bond donors (Lipinski definition) is 1. The lowest BCUT2D eigenvalue weighted by molar-refractivity contribution is 0.668. The lowest BCUT2D eigenvalue weighted by Crippen LogP contribution is -2.33. The molecule has 0 spiro atoms. The number of benzene rings is 9. The van der Waals surface area contributed by atoms with Crippen LogP contribution in [0.1, 0.15) is 22.9 Å². The van der Waals surface area contributed by atoms with Crippen molar-refractivity contribution in [2.75, 3.05) is 0 Å². The van der Waals surface area contributed by atoms with Gasteiger partial charge in [-0.05, 0) is 85.4 Å². The minimum Gasteiger partial charge on any atom is -0.456 e. The van der Waals surface area contributed by atoms with Gasteiger partial charge < -0.3 is 9.73 Å². The van der Waals surface area contributed by atoms with Gasteiger partial charge in [0.15, 0.2) is 5.84 Å². The van der Waals surface area contributed by atoms with Gasteiger partial charge in [0.05, 0.1) is 0 Å². The second-order valence-corrected chi connectivity index (χ2v) is 15.6. The van der Waals surface area contributed by atoms with Crippen molar-refractivity contribution in [2.45, 2.75) is 6.17 Å². The van der Waals surface area contributed by atoms with Crippen molar-refractivity contribution in [3.05, 3.63) is 193 Å². The van der Waals surface area contributed by atoms with Crippen LogP contribution in [-0.2, 0) is 0 Å². The van der Waals surface area contributed by atoms with E-state index in [2.05, 4.69) is 175 Å².